The number of alkyl halides is 1. The molecule has 0 N–H and O–H groups in total. The summed E-state index contributed by atoms with van der Waals surface area (Å²) < 4.78 is 41.4. The van der Waals surface area contributed by atoms with Crippen LogP contribution in [0.4, 0.5) is 4.39 Å². The maximum Gasteiger partial charge on any atom is 0.164 e. The monoisotopic (exact) mass is 479 g/mol. The second-order valence-corrected chi connectivity index (χ2v) is 9.47. The van der Waals surface area contributed by atoms with Gasteiger partial charge in [-0.25, -0.2) is 14.4 Å². The van der Waals surface area contributed by atoms with E-state index >= 15 is 0 Å². The van der Waals surface area contributed by atoms with Gasteiger partial charge < -0.3 is 23.5 Å². The highest BCUT2D eigenvalue weighted by Crippen LogP contribution is 2.50. The van der Waals surface area contributed by atoms with Gasteiger partial charge in [-0.05, 0) is 43.2 Å². The first kappa shape index (κ1) is 20.8. The van der Waals surface area contributed by atoms with E-state index in [2.05, 4.69) is 9.97 Å². The average Bonchev–Trinajstić information content (AvgIpc) is 3.40. The van der Waals surface area contributed by atoms with Crippen molar-refractivity contribution in [1.82, 2.24) is 14.5 Å². The maximum atomic E-state index is 14.6. The van der Waals surface area contributed by atoms with Gasteiger partial charge in [0.15, 0.2) is 12.0 Å². The van der Waals surface area contributed by atoms with Crippen LogP contribution in [-0.4, -0.2) is 45.2 Å². The minimum Gasteiger partial charge on any atom is -0.367 e. The summed E-state index contributed by atoms with van der Waals surface area (Å²) in [5.74, 6) is -0.814. The molecule has 0 aliphatic carbocycles. The Labute approximate surface area is 193 Å². The molecular formula is C22H20Cl2FN3O4. The van der Waals surface area contributed by atoms with Crippen LogP contribution in [-0.2, 0) is 18.9 Å². The summed E-state index contributed by atoms with van der Waals surface area (Å²) in [6, 6.07) is 7.01. The van der Waals surface area contributed by atoms with Crippen LogP contribution < -0.4 is 0 Å². The van der Waals surface area contributed by atoms with Gasteiger partial charge in [-0.3, -0.25) is 0 Å². The topological polar surface area (TPSA) is 67.6 Å². The van der Waals surface area contributed by atoms with Crippen LogP contribution in [0.1, 0.15) is 43.5 Å². The first-order chi connectivity index (χ1) is 15.3. The van der Waals surface area contributed by atoms with Gasteiger partial charge in [0.25, 0.3) is 0 Å². The number of hydrogen-bond donors (Lipinski definition) is 0. The Kier molecular flexibility index (Phi) is 4.77. The number of fused-ring (bicyclic) bond motifs is 3. The van der Waals surface area contributed by atoms with Crippen molar-refractivity contribution >= 4 is 34.2 Å². The molecule has 6 atom stereocenters. The fraction of sp³-hybridized carbons (Fsp3) is 0.455. The molecule has 0 saturated carbocycles. The molecule has 5 heterocycles. The smallest absolute Gasteiger partial charge is 0.164 e. The van der Waals surface area contributed by atoms with Gasteiger partial charge in [-0.1, -0.05) is 29.3 Å². The van der Waals surface area contributed by atoms with Crippen molar-refractivity contribution in [3.05, 3.63) is 58.1 Å². The van der Waals surface area contributed by atoms with Crippen molar-refractivity contribution in [3.63, 3.8) is 0 Å². The highest BCUT2D eigenvalue weighted by molar-refractivity contribution is 6.33. The molecule has 2 saturated heterocycles. The first-order valence-electron chi connectivity index (χ1n) is 10.4. The van der Waals surface area contributed by atoms with E-state index in [-0.39, 0.29) is 6.61 Å². The number of rotatable bonds is 2. The Morgan fingerprint density at radius 1 is 1.06 bits per heavy atom. The standard InChI is InChI=1S/C22H20Cl2FN3O4/c1-22(2)31-17-16(15-11-4-3-10(23)7-13(11)14(25)8-29-15)30-21(18(17)32-22)28-6-5-12-19(24)26-9-27-20(12)28/h3-7,9,14-18,21H,8H2,1-2H3/t14?,15-,16-,17-,18-,21-/m1/s1. The quantitative estimate of drug-likeness (QED) is 0.485. The van der Waals surface area contributed by atoms with Crippen molar-refractivity contribution in [2.45, 2.75) is 56.5 Å². The number of nitrogens with zero attached hydrogens (tertiary/aromatic N) is 3. The van der Waals surface area contributed by atoms with Crippen LogP contribution in [0.3, 0.4) is 0 Å². The normalized spacial score (nSPS) is 33.4. The highest BCUT2D eigenvalue weighted by atomic mass is 35.5. The lowest BCUT2D eigenvalue weighted by Gasteiger charge is -2.34. The van der Waals surface area contributed by atoms with Gasteiger partial charge in [0.2, 0.25) is 0 Å². The Morgan fingerprint density at radius 3 is 2.72 bits per heavy atom. The van der Waals surface area contributed by atoms with Crippen LogP contribution in [0.2, 0.25) is 10.2 Å². The summed E-state index contributed by atoms with van der Waals surface area (Å²) in [5, 5.41) is 1.55. The van der Waals surface area contributed by atoms with E-state index in [1.807, 2.05) is 30.7 Å². The minimum atomic E-state index is -1.25. The zero-order valence-corrected chi connectivity index (χ0v) is 18.8. The van der Waals surface area contributed by atoms with Crippen LogP contribution in [0.25, 0.3) is 11.0 Å². The highest BCUT2D eigenvalue weighted by Gasteiger charge is 2.59. The Balaban J connectivity index is 1.42. The fourth-order valence-electron chi connectivity index (χ4n) is 4.94. The van der Waals surface area contributed by atoms with Crippen LogP contribution in [0.15, 0.2) is 36.8 Å². The zero-order chi connectivity index (χ0) is 22.2. The Bertz CT molecular complexity index is 1210. The molecule has 3 aliphatic rings. The number of halogens is 3. The Hall–Kier alpha value is -1.81. The van der Waals surface area contributed by atoms with Crippen molar-refractivity contribution in [3.8, 4) is 0 Å². The minimum absolute atomic E-state index is 0.0839. The molecule has 0 bridgehead atoms. The molecule has 0 amide bonds. The van der Waals surface area contributed by atoms with Gasteiger partial charge in [0.05, 0.1) is 12.0 Å². The van der Waals surface area contributed by atoms with Gasteiger partial charge in [0.1, 0.15) is 47.7 Å². The zero-order valence-electron chi connectivity index (χ0n) is 17.2. The SMILES string of the molecule is CC1(C)O[C@H]2[C@@H](O1)[C@H](n1ccc3c(Cl)ncnc31)O[C@@H]2[C@@H]1OCC(F)c2cc(Cl)ccc21. The fourth-order valence-corrected chi connectivity index (χ4v) is 5.31. The molecule has 1 aromatic carbocycles. The van der Waals surface area contributed by atoms with E-state index in [9.17, 15) is 4.39 Å². The summed E-state index contributed by atoms with van der Waals surface area (Å²) in [6.45, 7) is 3.64. The van der Waals surface area contributed by atoms with E-state index in [0.29, 0.717) is 32.3 Å². The molecule has 1 unspecified atom stereocenters. The molecule has 10 heteroatoms. The molecule has 6 rings (SSSR count). The van der Waals surface area contributed by atoms with E-state index in [0.717, 1.165) is 0 Å². The van der Waals surface area contributed by atoms with E-state index in [4.69, 9.17) is 42.1 Å². The maximum absolute atomic E-state index is 14.6. The Morgan fingerprint density at radius 2 is 1.88 bits per heavy atom. The molecule has 3 aromatic rings. The van der Waals surface area contributed by atoms with E-state index < -0.39 is 42.6 Å². The van der Waals surface area contributed by atoms with Crippen molar-refractivity contribution < 1.29 is 23.3 Å². The van der Waals surface area contributed by atoms with Gasteiger partial charge >= 0.3 is 0 Å². The molecule has 32 heavy (non-hydrogen) atoms. The number of hydrogen-bond acceptors (Lipinski definition) is 6. The largest absolute Gasteiger partial charge is 0.367 e. The van der Waals surface area contributed by atoms with Crippen LogP contribution >= 0.6 is 23.2 Å². The second kappa shape index (κ2) is 7.35. The molecule has 2 aromatic heterocycles. The predicted molar refractivity (Wildman–Crippen MR) is 114 cm³/mol. The first-order valence-corrected chi connectivity index (χ1v) is 11.1. The molecule has 3 aliphatic heterocycles. The van der Waals surface area contributed by atoms with Gasteiger partial charge in [-0.15, -0.1) is 0 Å². The third kappa shape index (κ3) is 3.16. The second-order valence-electron chi connectivity index (χ2n) is 8.68. The molecule has 168 valence electrons. The number of ether oxygens (including phenoxy) is 4. The van der Waals surface area contributed by atoms with E-state index in [1.54, 1.807) is 18.2 Å². The average molecular weight is 480 g/mol. The lowest BCUT2D eigenvalue weighted by atomic mass is 9.91. The lowest BCUT2D eigenvalue weighted by Crippen LogP contribution is -2.37. The molecule has 7 nitrogen and oxygen atoms in total. The van der Waals surface area contributed by atoms with Gasteiger partial charge in [0, 0.05) is 11.2 Å². The number of aromatic nitrogens is 3. The van der Waals surface area contributed by atoms with E-state index in [1.165, 1.54) is 6.33 Å². The summed E-state index contributed by atoms with van der Waals surface area (Å²) in [5.41, 5.74) is 1.85. The third-order valence-corrected chi connectivity index (χ3v) is 6.75. The van der Waals surface area contributed by atoms with Crippen LogP contribution in [0.5, 0.6) is 0 Å². The lowest BCUT2D eigenvalue weighted by molar-refractivity contribution is -0.214. The summed E-state index contributed by atoms with van der Waals surface area (Å²) in [6.07, 6.45) is -0.478. The molecule has 2 fully saturated rings. The molecular weight excluding hydrogens is 460 g/mol. The third-order valence-electron chi connectivity index (χ3n) is 6.21. The molecule has 0 spiro atoms. The van der Waals surface area contributed by atoms with Crippen molar-refractivity contribution in [2.24, 2.45) is 0 Å². The summed E-state index contributed by atoms with van der Waals surface area (Å²) in [7, 11) is 0. The van der Waals surface area contributed by atoms with Crippen molar-refractivity contribution in [1.29, 1.82) is 0 Å². The summed E-state index contributed by atoms with van der Waals surface area (Å²) in [4.78, 5) is 8.43. The summed E-state index contributed by atoms with van der Waals surface area (Å²) >= 11 is 12.4. The predicted octanol–water partition coefficient (Wildman–Crippen LogP) is 4.94. The number of benzene rings is 1. The van der Waals surface area contributed by atoms with Gasteiger partial charge in [-0.2, -0.15) is 0 Å². The van der Waals surface area contributed by atoms with Crippen molar-refractivity contribution in [2.75, 3.05) is 6.61 Å². The van der Waals surface area contributed by atoms with Crippen LogP contribution in [0, 0.1) is 0 Å². The molecule has 0 radical (unpaired) electrons.